The summed E-state index contributed by atoms with van der Waals surface area (Å²) in [5.41, 5.74) is 3.92. The van der Waals surface area contributed by atoms with E-state index in [9.17, 15) is 9.59 Å². The number of pyridine rings is 1. The van der Waals surface area contributed by atoms with Crippen molar-refractivity contribution in [3.8, 4) is 5.75 Å². The lowest BCUT2D eigenvalue weighted by Crippen LogP contribution is -2.37. The summed E-state index contributed by atoms with van der Waals surface area (Å²) in [6.45, 7) is 5.56. The zero-order valence-electron chi connectivity index (χ0n) is 20.5. The molecule has 1 amide bonds. The topological polar surface area (TPSA) is 90.0 Å². The normalized spacial score (nSPS) is 14.8. The molecule has 1 atom stereocenters. The molecule has 0 bridgehead atoms. The Balaban J connectivity index is 1.64. The maximum atomic E-state index is 13.2. The quantitative estimate of drug-likeness (QED) is 0.476. The first-order chi connectivity index (χ1) is 16.7. The number of para-hydroxylation sites is 1. The summed E-state index contributed by atoms with van der Waals surface area (Å²) in [4.78, 5) is 31.2. The van der Waals surface area contributed by atoms with Gasteiger partial charge in [0, 0.05) is 6.20 Å². The summed E-state index contributed by atoms with van der Waals surface area (Å²) in [6, 6.07) is 14.5. The van der Waals surface area contributed by atoms with Gasteiger partial charge in [-0.1, -0.05) is 18.2 Å². The highest BCUT2D eigenvalue weighted by molar-refractivity contribution is 5.92. The largest absolute Gasteiger partial charge is 0.495 e. The van der Waals surface area contributed by atoms with Gasteiger partial charge in [-0.15, -0.1) is 0 Å². The number of fused-ring (bicyclic) bond motifs is 1. The average molecular weight is 476 g/mol. The van der Waals surface area contributed by atoms with Crippen LogP contribution in [0.5, 0.6) is 5.75 Å². The van der Waals surface area contributed by atoms with Crippen molar-refractivity contribution < 1.29 is 23.8 Å². The van der Waals surface area contributed by atoms with E-state index in [0.717, 1.165) is 16.8 Å². The molecule has 0 fully saturated rings. The molecule has 8 nitrogen and oxygen atoms in total. The third-order valence-electron chi connectivity index (χ3n) is 5.61. The third kappa shape index (κ3) is 5.21. The van der Waals surface area contributed by atoms with E-state index in [1.54, 1.807) is 35.5 Å². The fraction of sp³-hybridized carbons (Fsp3) is 0.296. The second-order valence-electron chi connectivity index (χ2n) is 9.24. The lowest BCUT2D eigenvalue weighted by Gasteiger charge is -2.29. The minimum absolute atomic E-state index is 0.264. The van der Waals surface area contributed by atoms with E-state index in [2.05, 4.69) is 10.3 Å². The van der Waals surface area contributed by atoms with Crippen LogP contribution in [0.15, 0.2) is 60.9 Å². The van der Waals surface area contributed by atoms with E-state index in [-0.39, 0.29) is 6.04 Å². The molecule has 8 heteroatoms. The van der Waals surface area contributed by atoms with E-state index < -0.39 is 17.7 Å². The second-order valence-corrected chi connectivity index (χ2v) is 9.24. The number of aromatic nitrogens is 1. The van der Waals surface area contributed by atoms with Crippen molar-refractivity contribution in [1.82, 2.24) is 4.98 Å². The SMILES string of the molecule is COC(=O)c1ccc(Nc2cncc(C3Cc4ccccc4N3C(=O)OC(C)(C)C)c2)c(OC)c1. The van der Waals surface area contributed by atoms with E-state index in [1.165, 1.54) is 14.2 Å². The molecular formula is C27H29N3O5. The van der Waals surface area contributed by atoms with Crippen LogP contribution in [0.4, 0.5) is 21.9 Å². The average Bonchev–Trinajstić information content (AvgIpc) is 3.23. The van der Waals surface area contributed by atoms with E-state index in [1.807, 2.05) is 51.1 Å². The zero-order chi connectivity index (χ0) is 25.2. The van der Waals surface area contributed by atoms with Crippen molar-refractivity contribution in [1.29, 1.82) is 0 Å². The lowest BCUT2D eigenvalue weighted by molar-refractivity contribution is 0.0566. The number of hydrogen-bond acceptors (Lipinski definition) is 7. The molecule has 4 rings (SSSR count). The second kappa shape index (κ2) is 9.66. The fourth-order valence-electron chi connectivity index (χ4n) is 4.09. The van der Waals surface area contributed by atoms with Gasteiger partial charge in [0.15, 0.2) is 0 Å². The highest BCUT2D eigenvalue weighted by Crippen LogP contribution is 2.41. The van der Waals surface area contributed by atoms with Gasteiger partial charge in [0.2, 0.25) is 0 Å². The number of carbonyl (C=O) groups is 2. The van der Waals surface area contributed by atoms with Gasteiger partial charge in [0.05, 0.1) is 49.1 Å². The summed E-state index contributed by atoms with van der Waals surface area (Å²) in [6.07, 6.45) is 3.71. The molecule has 0 radical (unpaired) electrons. The molecule has 0 aliphatic carbocycles. The van der Waals surface area contributed by atoms with Crippen molar-refractivity contribution in [3.63, 3.8) is 0 Å². The first-order valence-corrected chi connectivity index (χ1v) is 11.3. The number of nitrogens with zero attached hydrogens (tertiary/aromatic N) is 2. The maximum absolute atomic E-state index is 13.2. The number of amides is 1. The molecule has 2 heterocycles. The molecule has 1 aliphatic rings. The molecular weight excluding hydrogens is 446 g/mol. The number of methoxy groups -OCH3 is 2. The van der Waals surface area contributed by atoms with Crippen molar-refractivity contribution in [3.05, 3.63) is 77.6 Å². The van der Waals surface area contributed by atoms with Gasteiger partial charge in [0.25, 0.3) is 0 Å². The number of nitrogens with one attached hydrogen (secondary N) is 1. The Hall–Kier alpha value is -4.07. The van der Waals surface area contributed by atoms with Gasteiger partial charge < -0.3 is 19.5 Å². The first-order valence-electron chi connectivity index (χ1n) is 11.3. The highest BCUT2D eigenvalue weighted by Gasteiger charge is 2.37. The van der Waals surface area contributed by atoms with Crippen LogP contribution in [0.25, 0.3) is 0 Å². The van der Waals surface area contributed by atoms with Crippen molar-refractivity contribution in [2.75, 3.05) is 24.4 Å². The highest BCUT2D eigenvalue weighted by atomic mass is 16.6. The third-order valence-corrected chi connectivity index (χ3v) is 5.61. The number of benzene rings is 2. The lowest BCUT2D eigenvalue weighted by atomic mass is 10.0. The molecule has 1 aliphatic heterocycles. The zero-order valence-corrected chi connectivity index (χ0v) is 20.5. The van der Waals surface area contributed by atoms with Gasteiger partial charge >= 0.3 is 12.1 Å². The smallest absolute Gasteiger partial charge is 0.415 e. The van der Waals surface area contributed by atoms with Crippen LogP contribution in [-0.4, -0.2) is 36.9 Å². The molecule has 182 valence electrons. The minimum atomic E-state index is -0.617. The molecule has 0 saturated carbocycles. The number of rotatable bonds is 5. The maximum Gasteiger partial charge on any atom is 0.415 e. The van der Waals surface area contributed by atoms with Crippen LogP contribution in [0.1, 0.15) is 48.3 Å². The molecule has 0 spiro atoms. The summed E-state index contributed by atoms with van der Waals surface area (Å²) >= 11 is 0. The molecule has 2 aromatic carbocycles. The fourth-order valence-corrected chi connectivity index (χ4v) is 4.09. The minimum Gasteiger partial charge on any atom is -0.495 e. The first kappa shape index (κ1) is 24.1. The van der Waals surface area contributed by atoms with Crippen molar-refractivity contribution >= 4 is 29.1 Å². The van der Waals surface area contributed by atoms with E-state index in [0.29, 0.717) is 29.1 Å². The molecule has 1 N–H and O–H groups in total. The molecule has 0 saturated heterocycles. The Morgan fingerprint density at radius 2 is 1.83 bits per heavy atom. The van der Waals surface area contributed by atoms with Crippen LogP contribution >= 0.6 is 0 Å². The summed E-state index contributed by atoms with van der Waals surface area (Å²) in [7, 11) is 2.87. The molecule has 1 unspecified atom stereocenters. The van der Waals surface area contributed by atoms with Gasteiger partial charge in [0.1, 0.15) is 11.4 Å². The van der Waals surface area contributed by atoms with Gasteiger partial charge in [-0.3, -0.25) is 9.88 Å². The Morgan fingerprint density at radius 1 is 1.06 bits per heavy atom. The van der Waals surface area contributed by atoms with E-state index in [4.69, 9.17) is 14.2 Å². The Bertz CT molecular complexity index is 1250. The number of esters is 1. The summed E-state index contributed by atoms with van der Waals surface area (Å²) in [5, 5.41) is 3.30. The number of anilines is 3. The van der Waals surface area contributed by atoms with Crippen LogP contribution in [0, 0.1) is 0 Å². The Morgan fingerprint density at radius 3 is 2.54 bits per heavy atom. The molecule has 35 heavy (non-hydrogen) atoms. The predicted octanol–water partition coefficient (Wildman–Crippen LogP) is 5.66. The number of hydrogen-bond donors (Lipinski definition) is 1. The van der Waals surface area contributed by atoms with E-state index >= 15 is 0 Å². The van der Waals surface area contributed by atoms with Crippen LogP contribution in [0.3, 0.4) is 0 Å². The summed E-state index contributed by atoms with van der Waals surface area (Å²) < 4.78 is 16.0. The summed E-state index contributed by atoms with van der Waals surface area (Å²) in [5.74, 6) is 0.0449. The van der Waals surface area contributed by atoms with Crippen LogP contribution in [0.2, 0.25) is 0 Å². The standard InChI is InChI=1S/C27H29N3O5/c1-27(2,3)35-26(32)30-22-9-7-6-8-17(22)13-23(30)19-12-20(16-28-15-19)29-21-11-10-18(25(31)34-5)14-24(21)33-4/h6-12,14-16,23,29H,13H2,1-5H3. The molecule has 3 aromatic rings. The Kier molecular flexibility index (Phi) is 6.64. The van der Waals surface area contributed by atoms with Gasteiger partial charge in [-0.25, -0.2) is 9.59 Å². The van der Waals surface area contributed by atoms with Gasteiger partial charge in [-0.2, -0.15) is 0 Å². The molecule has 1 aromatic heterocycles. The van der Waals surface area contributed by atoms with Gasteiger partial charge in [-0.05, 0) is 68.7 Å². The predicted molar refractivity (Wildman–Crippen MR) is 133 cm³/mol. The van der Waals surface area contributed by atoms with Crippen molar-refractivity contribution in [2.45, 2.75) is 38.8 Å². The Labute approximate surface area is 204 Å². The van der Waals surface area contributed by atoms with Crippen LogP contribution < -0.4 is 15.0 Å². The number of ether oxygens (including phenoxy) is 3. The monoisotopic (exact) mass is 475 g/mol. The van der Waals surface area contributed by atoms with Crippen molar-refractivity contribution in [2.24, 2.45) is 0 Å². The number of carbonyl (C=O) groups excluding carboxylic acids is 2. The van der Waals surface area contributed by atoms with Crippen LogP contribution in [-0.2, 0) is 15.9 Å².